The van der Waals surface area contributed by atoms with Crippen LogP contribution in [0.25, 0.3) is 11.1 Å². The molecular weight excluding hydrogens is 503 g/mol. The lowest BCUT2D eigenvalue weighted by molar-refractivity contribution is -0.131. The third-order valence-corrected chi connectivity index (χ3v) is 9.09. The Labute approximate surface area is 214 Å². The van der Waals surface area contributed by atoms with Gasteiger partial charge in [-0.1, -0.05) is 17.9 Å². The zero-order valence-corrected chi connectivity index (χ0v) is 21.4. The van der Waals surface area contributed by atoms with E-state index < -0.39 is 32.3 Å². The van der Waals surface area contributed by atoms with Gasteiger partial charge in [0.25, 0.3) is 5.91 Å². The number of nitrogens with one attached hydrogen (secondary N) is 1. The molecule has 0 radical (unpaired) electrons. The van der Waals surface area contributed by atoms with Gasteiger partial charge in [-0.3, -0.25) is 19.5 Å². The zero-order valence-electron chi connectivity index (χ0n) is 20.6. The summed E-state index contributed by atoms with van der Waals surface area (Å²) in [5, 5.41) is 17.9. The van der Waals surface area contributed by atoms with Crippen molar-refractivity contribution in [3.63, 3.8) is 0 Å². The summed E-state index contributed by atoms with van der Waals surface area (Å²) in [4.78, 5) is 28.4. The molecule has 2 aliphatic rings. The predicted molar refractivity (Wildman–Crippen MR) is 133 cm³/mol. The second kappa shape index (κ2) is 10.3. The van der Waals surface area contributed by atoms with Crippen molar-refractivity contribution >= 4 is 21.8 Å². The maximum Gasteiger partial charge on any atom is 0.328 e. The normalized spacial score (nSPS) is 17.5. The number of carbonyl (C=O) groups is 2. The highest BCUT2D eigenvalue weighted by Gasteiger charge is 2.44. The van der Waals surface area contributed by atoms with E-state index in [0.717, 1.165) is 19.3 Å². The first kappa shape index (κ1) is 26.8. The largest absolute Gasteiger partial charge is 0.395 e. The van der Waals surface area contributed by atoms with Crippen LogP contribution in [0.4, 0.5) is 9.18 Å². The minimum absolute atomic E-state index is 0.0344. The monoisotopic (exact) mass is 532 g/mol. The number of hydrogen-bond donors (Lipinski definition) is 3. The molecule has 2 amide bonds. The first-order chi connectivity index (χ1) is 17.5. The number of nitrogens with zero attached hydrogens (tertiary/aromatic N) is 3. The number of rotatable bonds is 8. The summed E-state index contributed by atoms with van der Waals surface area (Å²) < 4.78 is 38.7. The molecule has 3 heterocycles. The number of amides is 2. The molecule has 2 aliphatic heterocycles. The smallest absolute Gasteiger partial charge is 0.328 e. The molecular formula is C25H29FN4O6S. The average molecular weight is 533 g/mol. The predicted octanol–water partition coefficient (Wildman–Crippen LogP) is 1.05. The lowest BCUT2D eigenvalue weighted by Crippen LogP contribution is -2.50. The molecule has 0 unspecified atom stereocenters. The summed E-state index contributed by atoms with van der Waals surface area (Å²) in [7, 11) is -3.88. The number of halogens is 1. The number of aliphatic hydroxyl groups excluding tert-OH is 1. The summed E-state index contributed by atoms with van der Waals surface area (Å²) in [6, 6.07) is 5.99. The van der Waals surface area contributed by atoms with Crippen LogP contribution in [0.3, 0.4) is 0 Å². The molecule has 1 fully saturated rings. The van der Waals surface area contributed by atoms with Crippen LogP contribution < -0.4 is 5.48 Å². The topological polar surface area (TPSA) is 132 Å². The summed E-state index contributed by atoms with van der Waals surface area (Å²) in [6.07, 6.45) is 2.22. The van der Waals surface area contributed by atoms with Crippen molar-refractivity contribution in [1.82, 2.24) is 19.8 Å². The Morgan fingerprint density at radius 3 is 2.59 bits per heavy atom. The van der Waals surface area contributed by atoms with Gasteiger partial charge in [0.15, 0.2) is 14.6 Å². The van der Waals surface area contributed by atoms with Gasteiger partial charge in [-0.2, -0.15) is 0 Å². The molecule has 0 bridgehead atoms. The number of sulfone groups is 1. The van der Waals surface area contributed by atoms with E-state index in [-0.39, 0.29) is 32.0 Å². The number of likely N-dealkylation sites (tertiary alicyclic amines) is 1. The Bertz CT molecular complexity index is 1390. The van der Waals surface area contributed by atoms with Gasteiger partial charge in [0.2, 0.25) is 0 Å². The number of carbonyl (C=O) groups excluding carboxylic acids is 2. The van der Waals surface area contributed by atoms with E-state index in [4.69, 9.17) is 10.3 Å². The highest BCUT2D eigenvalue weighted by molar-refractivity contribution is 7.92. The molecule has 0 spiro atoms. The number of hydroxylamine groups is 1. The molecule has 1 aromatic carbocycles. The highest BCUT2D eigenvalue weighted by atomic mass is 32.2. The molecule has 0 aliphatic carbocycles. The van der Waals surface area contributed by atoms with Crippen molar-refractivity contribution in [3.05, 3.63) is 47.5 Å². The van der Waals surface area contributed by atoms with Crippen LogP contribution >= 0.6 is 0 Å². The number of fused-ring (bicyclic) bond motifs is 1. The second-order valence-corrected chi connectivity index (χ2v) is 12.1. The van der Waals surface area contributed by atoms with Crippen molar-refractivity contribution in [1.29, 1.82) is 0 Å². The van der Waals surface area contributed by atoms with Crippen LogP contribution in [0.5, 0.6) is 0 Å². The van der Waals surface area contributed by atoms with Crippen molar-refractivity contribution in [2.75, 3.05) is 39.0 Å². The summed E-state index contributed by atoms with van der Waals surface area (Å²) in [5.74, 6) is 4.79. The zero-order chi connectivity index (χ0) is 27.0. The number of β-amino-alcohol motifs (C(OH)–C–C–N with tert-alkyl or cyclic N) is 1. The first-order valence-corrected chi connectivity index (χ1v) is 13.7. The molecule has 2 aromatic rings. The Hall–Kier alpha value is -3.24. The van der Waals surface area contributed by atoms with Crippen molar-refractivity contribution in [2.24, 2.45) is 5.92 Å². The molecule has 1 saturated heterocycles. The third kappa shape index (κ3) is 5.26. The average Bonchev–Trinajstić information content (AvgIpc) is 3.36. The van der Waals surface area contributed by atoms with Gasteiger partial charge in [0.1, 0.15) is 5.82 Å². The molecule has 0 saturated carbocycles. The number of benzene rings is 1. The van der Waals surface area contributed by atoms with Crippen LogP contribution in [0.1, 0.15) is 24.6 Å². The third-order valence-electron chi connectivity index (χ3n) is 7.06. The van der Waals surface area contributed by atoms with Gasteiger partial charge < -0.3 is 10.0 Å². The van der Waals surface area contributed by atoms with Gasteiger partial charge in [0.05, 0.1) is 13.2 Å². The Morgan fingerprint density at radius 2 is 2.00 bits per heavy atom. The molecule has 198 valence electrons. The lowest BCUT2D eigenvalue weighted by atomic mass is 10.00. The maximum absolute atomic E-state index is 14.9. The molecule has 12 heteroatoms. The van der Waals surface area contributed by atoms with Gasteiger partial charge in [-0.15, -0.1) is 0 Å². The molecule has 3 N–H and O–H groups in total. The van der Waals surface area contributed by atoms with Crippen LogP contribution in [0, 0.1) is 23.6 Å². The van der Waals surface area contributed by atoms with Crippen LogP contribution in [-0.4, -0.2) is 88.8 Å². The maximum atomic E-state index is 14.9. The highest BCUT2D eigenvalue weighted by Crippen LogP contribution is 2.30. The van der Waals surface area contributed by atoms with Gasteiger partial charge >= 0.3 is 6.03 Å². The van der Waals surface area contributed by atoms with Crippen molar-refractivity contribution < 1.29 is 32.7 Å². The Balaban J connectivity index is 1.42. The molecule has 1 aromatic heterocycles. The quantitative estimate of drug-likeness (QED) is 0.263. The van der Waals surface area contributed by atoms with E-state index in [0.29, 0.717) is 28.9 Å². The minimum Gasteiger partial charge on any atom is -0.395 e. The number of aromatic nitrogens is 1. The summed E-state index contributed by atoms with van der Waals surface area (Å²) in [5.41, 5.74) is 3.40. The summed E-state index contributed by atoms with van der Waals surface area (Å²) >= 11 is 0. The second-order valence-electron chi connectivity index (χ2n) is 9.63. The van der Waals surface area contributed by atoms with Gasteiger partial charge in [0, 0.05) is 66.9 Å². The van der Waals surface area contributed by atoms with E-state index in [2.05, 4.69) is 16.7 Å². The fraction of sp³-hybridized carbons (Fsp3) is 0.440. The number of hydrogen-bond acceptors (Lipinski definition) is 7. The van der Waals surface area contributed by atoms with E-state index in [1.54, 1.807) is 18.2 Å². The van der Waals surface area contributed by atoms with E-state index in [9.17, 15) is 22.4 Å². The van der Waals surface area contributed by atoms with Crippen molar-refractivity contribution in [3.8, 4) is 23.0 Å². The fourth-order valence-electron chi connectivity index (χ4n) is 4.48. The van der Waals surface area contributed by atoms with E-state index >= 15 is 0 Å². The van der Waals surface area contributed by atoms with Gasteiger partial charge in [-0.25, -0.2) is 23.1 Å². The Kier molecular flexibility index (Phi) is 7.43. The van der Waals surface area contributed by atoms with E-state index in [1.165, 1.54) is 34.1 Å². The number of aliphatic hydroxyl groups is 1. The van der Waals surface area contributed by atoms with Crippen LogP contribution in [0.15, 0.2) is 30.5 Å². The lowest BCUT2D eigenvalue weighted by Gasteiger charge is -2.35. The first-order valence-electron chi connectivity index (χ1n) is 11.8. The SMILES string of the molecule is C[C@@](CCN1Cc2cc(-c3ccc(C#CC4CN(CCO)C4)cc3F)cn2C1=O)(C(=O)NO)S(C)(=O)=O. The van der Waals surface area contributed by atoms with Crippen LogP contribution in [0.2, 0.25) is 0 Å². The van der Waals surface area contributed by atoms with Gasteiger partial charge in [-0.05, 0) is 31.5 Å². The minimum atomic E-state index is -3.88. The van der Waals surface area contributed by atoms with Crippen LogP contribution in [-0.2, 0) is 21.2 Å². The molecule has 37 heavy (non-hydrogen) atoms. The molecule has 4 rings (SSSR count). The van der Waals surface area contributed by atoms with Crippen molar-refractivity contribution in [2.45, 2.75) is 24.6 Å². The fourth-order valence-corrected chi connectivity index (χ4v) is 5.32. The summed E-state index contributed by atoms with van der Waals surface area (Å²) in [6.45, 7) is 3.65. The van der Waals surface area contributed by atoms with E-state index in [1.807, 2.05) is 0 Å². The molecule has 1 atom stereocenters. The molecule has 10 nitrogen and oxygen atoms in total. The standard InChI is InChI=1S/C25H29FN4O6S/c1-25(23(32)27-34,37(2,35)36)7-8-29-16-20-12-19(15-30(20)24(29)33)21-6-5-17(11-22(21)26)3-4-18-13-28(14-18)9-10-31/h5-6,11-12,15,18,31,34H,7-10,13-14,16H2,1-2H3,(H,27,32)/t25-/m1/s1. The Morgan fingerprint density at radius 1 is 1.27 bits per heavy atom.